The van der Waals surface area contributed by atoms with E-state index in [1.165, 1.54) is 22.7 Å². The molecule has 24 heavy (non-hydrogen) atoms. The van der Waals surface area contributed by atoms with Crippen molar-refractivity contribution in [2.45, 2.75) is 6.92 Å². The molecule has 0 radical (unpaired) electrons. The third kappa shape index (κ3) is 3.84. The van der Waals surface area contributed by atoms with Crippen LogP contribution in [-0.4, -0.2) is 22.1 Å². The maximum Gasteiger partial charge on any atom is 0.209 e. The molecule has 4 nitrogen and oxygen atoms in total. The highest BCUT2D eigenvalue weighted by atomic mass is 32.1. The molecular formula is C18H14N2O2S2. The minimum Gasteiger partial charge on any atom is -0.507 e. The Bertz CT molecular complexity index is 896. The van der Waals surface area contributed by atoms with Crippen molar-refractivity contribution in [3.8, 4) is 5.75 Å². The van der Waals surface area contributed by atoms with E-state index >= 15 is 0 Å². The number of carbonyl (C=O) groups is 1. The molecule has 0 aliphatic rings. The van der Waals surface area contributed by atoms with Gasteiger partial charge in [-0.2, -0.15) is 0 Å². The zero-order valence-corrected chi connectivity index (χ0v) is 14.5. The summed E-state index contributed by atoms with van der Waals surface area (Å²) in [5.74, 6) is 0.144. The molecule has 0 unspecified atom stereocenters. The molecule has 0 aliphatic heterocycles. The quantitative estimate of drug-likeness (QED) is 0.404. The van der Waals surface area contributed by atoms with Crippen molar-refractivity contribution in [1.82, 2.24) is 4.98 Å². The lowest BCUT2D eigenvalue weighted by Gasteiger charge is -2.05. The van der Waals surface area contributed by atoms with E-state index in [1.807, 2.05) is 29.8 Å². The molecular weight excluding hydrogens is 340 g/mol. The average molecular weight is 354 g/mol. The molecule has 1 N–H and O–H groups in total. The van der Waals surface area contributed by atoms with E-state index in [2.05, 4.69) is 9.98 Å². The Morgan fingerprint density at radius 3 is 2.88 bits per heavy atom. The number of benzene rings is 1. The number of ketones is 1. The van der Waals surface area contributed by atoms with Gasteiger partial charge in [-0.1, -0.05) is 12.1 Å². The number of thiazole rings is 1. The van der Waals surface area contributed by atoms with Gasteiger partial charge in [0.2, 0.25) is 5.13 Å². The van der Waals surface area contributed by atoms with E-state index in [1.54, 1.807) is 36.7 Å². The Balaban J connectivity index is 1.85. The normalized spacial score (nSPS) is 11.5. The summed E-state index contributed by atoms with van der Waals surface area (Å²) >= 11 is 2.83. The summed E-state index contributed by atoms with van der Waals surface area (Å²) in [5, 5.41) is 14.5. The lowest BCUT2D eigenvalue weighted by molar-refractivity contribution is 0.105. The second kappa shape index (κ2) is 7.33. The van der Waals surface area contributed by atoms with E-state index in [-0.39, 0.29) is 11.5 Å². The Morgan fingerprint density at radius 2 is 2.17 bits per heavy atom. The highest BCUT2D eigenvalue weighted by Crippen LogP contribution is 2.25. The maximum absolute atomic E-state index is 12.0. The van der Waals surface area contributed by atoms with E-state index in [4.69, 9.17) is 0 Å². The number of carbonyl (C=O) groups excluding carboxylic acids is 1. The van der Waals surface area contributed by atoms with Gasteiger partial charge in [0.25, 0.3) is 0 Å². The molecule has 3 aromatic rings. The molecule has 0 amide bonds. The van der Waals surface area contributed by atoms with Crippen molar-refractivity contribution in [3.05, 3.63) is 68.9 Å². The molecule has 6 heteroatoms. The number of phenolic OH excluding ortho intramolecular Hbond substituents is 1. The number of aryl methyl sites for hydroxylation is 1. The number of phenols is 1. The fourth-order valence-corrected chi connectivity index (χ4v) is 3.23. The molecule has 0 saturated heterocycles. The molecule has 0 aliphatic carbocycles. The Labute approximate surface area is 147 Å². The highest BCUT2D eigenvalue weighted by Gasteiger charge is 2.06. The third-order valence-corrected chi connectivity index (χ3v) is 4.84. The second-order valence-corrected chi connectivity index (χ2v) is 6.84. The number of aromatic hydroxyl groups is 1. The van der Waals surface area contributed by atoms with Crippen LogP contribution in [0.1, 0.15) is 26.4 Å². The molecule has 0 spiro atoms. The van der Waals surface area contributed by atoms with Gasteiger partial charge in [-0.15, -0.1) is 22.7 Å². The van der Waals surface area contributed by atoms with Crippen LogP contribution in [0.15, 0.2) is 52.3 Å². The van der Waals surface area contributed by atoms with Gasteiger partial charge in [-0.25, -0.2) is 9.98 Å². The van der Waals surface area contributed by atoms with Crippen molar-refractivity contribution in [2.75, 3.05) is 0 Å². The number of thiophene rings is 1. The molecule has 120 valence electrons. The van der Waals surface area contributed by atoms with Crippen LogP contribution in [0.5, 0.6) is 5.75 Å². The summed E-state index contributed by atoms with van der Waals surface area (Å²) in [5.41, 5.74) is 2.14. The van der Waals surface area contributed by atoms with Crippen molar-refractivity contribution < 1.29 is 9.90 Å². The highest BCUT2D eigenvalue weighted by molar-refractivity contribution is 7.13. The molecule has 0 fully saturated rings. The molecule has 0 atom stereocenters. The number of rotatable bonds is 5. The van der Waals surface area contributed by atoms with E-state index in [9.17, 15) is 9.90 Å². The van der Waals surface area contributed by atoms with Gasteiger partial charge in [-0.3, -0.25) is 4.79 Å². The number of aromatic nitrogens is 1. The summed E-state index contributed by atoms with van der Waals surface area (Å²) in [6, 6.07) is 7.26. The SMILES string of the molecule is Cc1cc(/C=C/C(=O)c2cccs2)cc(C=Nc2nccs2)c1O. The number of allylic oxidation sites excluding steroid dienone is 1. The van der Waals surface area contributed by atoms with Crippen LogP contribution in [-0.2, 0) is 0 Å². The lowest BCUT2D eigenvalue weighted by atomic mass is 10.0. The second-order valence-electron chi connectivity index (χ2n) is 5.02. The predicted molar refractivity (Wildman–Crippen MR) is 99.9 cm³/mol. The average Bonchev–Trinajstić information content (AvgIpc) is 3.27. The standard InChI is InChI=1S/C18H14N2O2S2/c1-12-9-13(4-5-15(21)16-3-2-7-23-16)10-14(17(12)22)11-20-18-19-6-8-24-18/h2-11,22H,1H3/b5-4+,20-11?. The van der Waals surface area contributed by atoms with Gasteiger partial charge in [0, 0.05) is 23.4 Å². The molecule has 3 rings (SSSR count). The molecule has 0 saturated carbocycles. The number of hydrogen-bond donors (Lipinski definition) is 1. The first-order chi connectivity index (χ1) is 11.6. The van der Waals surface area contributed by atoms with Crippen LogP contribution in [0.2, 0.25) is 0 Å². The molecule has 0 bridgehead atoms. The van der Waals surface area contributed by atoms with Gasteiger partial charge >= 0.3 is 0 Å². The molecule has 2 heterocycles. The zero-order chi connectivity index (χ0) is 16.9. The Morgan fingerprint density at radius 1 is 1.29 bits per heavy atom. The van der Waals surface area contributed by atoms with Gasteiger partial charge < -0.3 is 5.11 Å². The lowest BCUT2D eigenvalue weighted by Crippen LogP contribution is -1.91. The van der Waals surface area contributed by atoms with Crippen LogP contribution in [0.3, 0.4) is 0 Å². The van der Waals surface area contributed by atoms with E-state index < -0.39 is 0 Å². The minimum atomic E-state index is -0.0336. The zero-order valence-electron chi connectivity index (χ0n) is 12.8. The third-order valence-electron chi connectivity index (χ3n) is 3.28. The van der Waals surface area contributed by atoms with E-state index in [0.29, 0.717) is 15.6 Å². The fourth-order valence-electron chi connectivity index (χ4n) is 2.11. The van der Waals surface area contributed by atoms with E-state index in [0.717, 1.165) is 11.1 Å². The fraction of sp³-hybridized carbons (Fsp3) is 0.0556. The first-order valence-corrected chi connectivity index (χ1v) is 8.92. The number of aliphatic imine (C=N–C) groups is 1. The monoisotopic (exact) mass is 354 g/mol. The topological polar surface area (TPSA) is 62.5 Å². The maximum atomic E-state index is 12.0. The largest absolute Gasteiger partial charge is 0.507 e. The van der Waals surface area contributed by atoms with Crippen LogP contribution < -0.4 is 0 Å². The first-order valence-electron chi connectivity index (χ1n) is 7.16. The molecule has 2 aromatic heterocycles. The van der Waals surface area contributed by atoms with Gasteiger partial charge in [0.15, 0.2) is 5.78 Å². The predicted octanol–water partition coefficient (Wildman–Crippen LogP) is 4.87. The van der Waals surface area contributed by atoms with Crippen LogP contribution in [0.4, 0.5) is 5.13 Å². The van der Waals surface area contributed by atoms with Crippen molar-refractivity contribution in [2.24, 2.45) is 4.99 Å². The number of hydrogen-bond acceptors (Lipinski definition) is 6. The van der Waals surface area contributed by atoms with Crippen LogP contribution in [0, 0.1) is 6.92 Å². The Kier molecular flexibility index (Phi) is 4.98. The van der Waals surface area contributed by atoms with Gasteiger partial charge in [0.05, 0.1) is 4.88 Å². The summed E-state index contributed by atoms with van der Waals surface area (Å²) in [7, 11) is 0. The number of nitrogens with zero attached hydrogens (tertiary/aromatic N) is 2. The van der Waals surface area contributed by atoms with Crippen molar-refractivity contribution >= 4 is 45.9 Å². The minimum absolute atomic E-state index is 0.0336. The summed E-state index contributed by atoms with van der Waals surface area (Å²) in [4.78, 5) is 21.1. The van der Waals surface area contributed by atoms with Gasteiger partial charge in [-0.05, 0) is 47.7 Å². The summed E-state index contributed by atoms with van der Waals surface area (Å²) in [6.45, 7) is 1.81. The smallest absolute Gasteiger partial charge is 0.209 e. The van der Waals surface area contributed by atoms with Crippen LogP contribution >= 0.6 is 22.7 Å². The van der Waals surface area contributed by atoms with Crippen molar-refractivity contribution in [1.29, 1.82) is 0 Å². The first kappa shape index (κ1) is 16.3. The molecule has 1 aromatic carbocycles. The van der Waals surface area contributed by atoms with Crippen molar-refractivity contribution in [3.63, 3.8) is 0 Å². The summed E-state index contributed by atoms with van der Waals surface area (Å²) in [6.07, 6.45) is 6.55. The Hall–Kier alpha value is -2.57. The van der Waals surface area contributed by atoms with Gasteiger partial charge in [0.1, 0.15) is 5.75 Å². The van der Waals surface area contributed by atoms with Crippen LogP contribution in [0.25, 0.3) is 6.08 Å². The summed E-state index contributed by atoms with van der Waals surface area (Å²) < 4.78 is 0.